The van der Waals surface area contributed by atoms with Gasteiger partial charge in [0.05, 0.1) is 7.11 Å². The van der Waals surface area contributed by atoms with Crippen LogP contribution in [0.2, 0.25) is 0 Å². The average Bonchev–Trinajstić information content (AvgIpc) is 2.28. The van der Waals surface area contributed by atoms with Gasteiger partial charge in [0, 0.05) is 9.13 Å². The highest BCUT2D eigenvalue weighted by atomic mass is 127. The summed E-state index contributed by atoms with van der Waals surface area (Å²) in [6, 6.07) is 6.17. The first-order valence-corrected chi connectivity index (χ1v) is 5.32. The van der Waals surface area contributed by atoms with Crippen molar-refractivity contribution in [1.82, 2.24) is 0 Å². The number of nitrogens with zero attached hydrogens (tertiary/aromatic N) is 1. The second kappa shape index (κ2) is 5.61. The average molecular weight is 331 g/mol. The van der Waals surface area contributed by atoms with E-state index in [1.165, 1.54) is 19.3 Å². The molecule has 0 unspecified atom stereocenters. The lowest BCUT2D eigenvalue weighted by Crippen LogP contribution is -2.03. The summed E-state index contributed by atoms with van der Waals surface area (Å²) >= 11 is 1.93. The third-order valence-corrected chi connectivity index (χ3v) is 2.75. The largest absolute Gasteiger partial charge is 0.465 e. The molecule has 16 heavy (non-hydrogen) atoms. The van der Waals surface area contributed by atoms with Crippen LogP contribution in [-0.4, -0.2) is 13.1 Å². The Hall–Kier alpha value is -1.42. The maximum absolute atomic E-state index is 13.4. The second-order valence-corrected chi connectivity index (χ2v) is 3.96. The molecule has 0 saturated carbocycles. The monoisotopic (exact) mass is 331 g/mol. The molecular formula is C11H7FINO2. The fourth-order valence-corrected chi connectivity index (χ4v) is 1.66. The van der Waals surface area contributed by atoms with E-state index in [-0.39, 0.29) is 11.1 Å². The number of nitriles is 1. The maximum atomic E-state index is 13.4. The third kappa shape index (κ3) is 2.79. The summed E-state index contributed by atoms with van der Waals surface area (Å²) in [7, 11) is 1.17. The Kier molecular flexibility index (Phi) is 4.43. The van der Waals surface area contributed by atoms with Gasteiger partial charge in [-0.05, 0) is 40.8 Å². The molecule has 1 aromatic carbocycles. The molecule has 1 rings (SSSR count). The molecule has 0 aliphatic carbocycles. The molecule has 0 bridgehead atoms. The first-order chi connectivity index (χ1) is 7.60. The van der Waals surface area contributed by atoms with E-state index >= 15 is 0 Å². The van der Waals surface area contributed by atoms with Crippen LogP contribution in [0, 0.1) is 20.7 Å². The van der Waals surface area contributed by atoms with Gasteiger partial charge < -0.3 is 4.74 Å². The molecular weight excluding hydrogens is 324 g/mol. The van der Waals surface area contributed by atoms with Gasteiger partial charge in [-0.25, -0.2) is 9.18 Å². The highest BCUT2D eigenvalue weighted by molar-refractivity contribution is 14.1. The van der Waals surface area contributed by atoms with E-state index in [0.717, 1.165) is 0 Å². The van der Waals surface area contributed by atoms with Crippen LogP contribution in [0.4, 0.5) is 4.39 Å². The molecule has 0 N–H and O–H groups in total. The summed E-state index contributed by atoms with van der Waals surface area (Å²) in [5.74, 6) is -1.26. The summed E-state index contributed by atoms with van der Waals surface area (Å²) in [6.07, 6.45) is 1.18. The molecule has 3 nitrogen and oxygen atoms in total. The van der Waals surface area contributed by atoms with Gasteiger partial charge in [-0.1, -0.05) is 6.07 Å². The van der Waals surface area contributed by atoms with Crippen molar-refractivity contribution in [2.45, 2.75) is 0 Å². The lowest BCUT2D eigenvalue weighted by molar-refractivity contribution is -0.135. The van der Waals surface area contributed by atoms with Crippen LogP contribution in [0.5, 0.6) is 0 Å². The van der Waals surface area contributed by atoms with Gasteiger partial charge in [-0.2, -0.15) is 5.26 Å². The highest BCUT2D eigenvalue weighted by Gasteiger charge is 2.11. The molecule has 0 aliphatic heterocycles. The van der Waals surface area contributed by atoms with Crippen molar-refractivity contribution in [1.29, 1.82) is 5.26 Å². The van der Waals surface area contributed by atoms with Gasteiger partial charge in [0.25, 0.3) is 0 Å². The van der Waals surface area contributed by atoms with Crippen LogP contribution in [0.15, 0.2) is 23.8 Å². The van der Waals surface area contributed by atoms with Crippen molar-refractivity contribution in [3.05, 3.63) is 38.7 Å². The predicted molar refractivity (Wildman–Crippen MR) is 64.7 cm³/mol. The SMILES string of the molecule is COC(=O)/C(C#N)=C/c1c(F)cccc1I. The third-order valence-electron chi connectivity index (χ3n) is 1.81. The Morgan fingerprint density at radius 3 is 2.81 bits per heavy atom. The van der Waals surface area contributed by atoms with Crippen LogP contribution in [0.3, 0.4) is 0 Å². The molecule has 0 fully saturated rings. The molecule has 0 amide bonds. The molecule has 0 radical (unpaired) electrons. The Labute approximate surface area is 106 Å². The number of benzene rings is 1. The van der Waals surface area contributed by atoms with E-state index in [1.807, 2.05) is 22.6 Å². The summed E-state index contributed by atoms with van der Waals surface area (Å²) in [6.45, 7) is 0. The molecule has 0 heterocycles. The maximum Gasteiger partial charge on any atom is 0.348 e. The number of halogens is 2. The molecule has 0 aromatic heterocycles. The zero-order valence-corrected chi connectivity index (χ0v) is 10.5. The van der Waals surface area contributed by atoms with Crippen LogP contribution in [-0.2, 0) is 9.53 Å². The van der Waals surface area contributed by atoms with Crippen molar-refractivity contribution in [2.75, 3.05) is 7.11 Å². The Morgan fingerprint density at radius 2 is 2.31 bits per heavy atom. The Bertz CT molecular complexity index is 471. The van der Waals surface area contributed by atoms with Gasteiger partial charge in [0.1, 0.15) is 17.5 Å². The van der Waals surface area contributed by atoms with E-state index in [1.54, 1.807) is 18.2 Å². The molecule has 0 aliphatic rings. The van der Waals surface area contributed by atoms with E-state index < -0.39 is 11.8 Å². The number of rotatable bonds is 2. The van der Waals surface area contributed by atoms with Crippen molar-refractivity contribution >= 4 is 34.6 Å². The van der Waals surface area contributed by atoms with Gasteiger partial charge in [0.15, 0.2) is 0 Å². The summed E-state index contributed by atoms with van der Waals surface area (Å²) in [5.41, 5.74) is -0.0180. The fourth-order valence-electron chi connectivity index (χ4n) is 1.04. The number of ether oxygens (including phenoxy) is 1. The van der Waals surface area contributed by atoms with E-state index in [9.17, 15) is 9.18 Å². The van der Waals surface area contributed by atoms with Gasteiger partial charge in [-0.15, -0.1) is 0 Å². The first-order valence-electron chi connectivity index (χ1n) is 4.24. The Balaban J connectivity index is 3.25. The smallest absolute Gasteiger partial charge is 0.348 e. The van der Waals surface area contributed by atoms with Crippen LogP contribution in [0.1, 0.15) is 5.56 Å². The van der Waals surface area contributed by atoms with Crippen molar-refractivity contribution in [2.24, 2.45) is 0 Å². The summed E-state index contributed by atoms with van der Waals surface area (Å²) < 4.78 is 18.4. The minimum atomic E-state index is -0.776. The lowest BCUT2D eigenvalue weighted by atomic mass is 10.1. The van der Waals surface area contributed by atoms with Crippen LogP contribution < -0.4 is 0 Å². The molecule has 0 saturated heterocycles. The van der Waals surface area contributed by atoms with Gasteiger partial charge in [0.2, 0.25) is 0 Å². The van der Waals surface area contributed by atoms with Crippen LogP contribution >= 0.6 is 22.6 Å². The number of methoxy groups -OCH3 is 1. The Morgan fingerprint density at radius 1 is 1.62 bits per heavy atom. The first kappa shape index (κ1) is 12.6. The van der Waals surface area contributed by atoms with Crippen molar-refractivity contribution in [3.8, 4) is 6.07 Å². The highest BCUT2D eigenvalue weighted by Crippen LogP contribution is 2.19. The minimum Gasteiger partial charge on any atom is -0.465 e. The predicted octanol–water partition coefficient (Wildman–Crippen LogP) is 2.51. The standard InChI is InChI=1S/C11H7FINO2/c1-16-11(15)7(6-14)5-8-9(12)3-2-4-10(8)13/h2-5H,1H3/b7-5+. The molecule has 82 valence electrons. The molecule has 0 spiro atoms. The van der Waals surface area contributed by atoms with Crippen LogP contribution in [0.25, 0.3) is 6.08 Å². The fraction of sp³-hybridized carbons (Fsp3) is 0.0909. The number of carbonyl (C=O) groups excluding carboxylic acids is 1. The zero-order chi connectivity index (χ0) is 12.1. The summed E-state index contributed by atoms with van der Waals surface area (Å²) in [4.78, 5) is 11.1. The number of esters is 1. The number of carbonyl (C=O) groups is 1. The van der Waals surface area contributed by atoms with Gasteiger partial charge >= 0.3 is 5.97 Å². The lowest BCUT2D eigenvalue weighted by Gasteiger charge is -2.01. The second-order valence-electron chi connectivity index (χ2n) is 2.80. The number of hydrogen-bond acceptors (Lipinski definition) is 3. The van der Waals surface area contributed by atoms with E-state index in [0.29, 0.717) is 3.57 Å². The van der Waals surface area contributed by atoms with E-state index in [4.69, 9.17) is 5.26 Å². The quantitative estimate of drug-likeness (QED) is 0.362. The molecule has 1 aromatic rings. The molecule has 5 heteroatoms. The van der Waals surface area contributed by atoms with E-state index in [2.05, 4.69) is 4.74 Å². The summed E-state index contributed by atoms with van der Waals surface area (Å²) in [5, 5.41) is 8.73. The van der Waals surface area contributed by atoms with Crippen molar-refractivity contribution in [3.63, 3.8) is 0 Å². The molecule has 0 atom stereocenters. The normalized spacial score (nSPS) is 10.8. The minimum absolute atomic E-state index is 0.213. The van der Waals surface area contributed by atoms with Crippen molar-refractivity contribution < 1.29 is 13.9 Å². The topological polar surface area (TPSA) is 50.1 Å². The zero-order valence-electron chi connectivity index (χ0n) is 8.33. The number of hydrogen-bond donors (Lipinski definition) is 0. The van der Waals surface area contributed by atoms with Gasteiger partial charge in [-0.3, -0.25) is 0 Å².